The lowest BCUT2D eigenvalue weighted by Gasteiger charge is -2.16. The summed E-state index contributed by atoms with van der Waals surface area (Å²) in [5.41, 5.74) is 0. The van der Waals surface area contributed by atoms with Gasteiger partial charge >= 0.3 is 0 Å². The number of ether oxygens (including phenoxy) is 2. The molecule has 1 aromatic heterocycles. The van der Waals surface area contributed by atoms with Crippen LogP contribution in [0.5, 0.6) is 11.5 Å². The van der Waals surface area contributed by atoms with Crippen LogP contribution < -0.4 is 14.2 Å². The zero-order valence-electron chi connectivity index (χ0n) is 14.8. The van der Waals surface area contributed by atoms with Crippen molar-refractivity contribution in [3.05, 3.63) is 24.0 Å². The number of thioether (sulfide) groups is 1. The lowest BCUT2D eigenvalue weighted by Crippen LogP contribution is -2.29. The normalized spacial score (nSPS) is 12.8. The van der Waals surface area contributed by atoms with E-state index in [9.17, 15) is 8.42 Å². The zero-order valence-corrected chi connectivity index (χ0v) is 16.4. The summed E-state index contributed by atoms with van der Waals surface area (Å²) in [6.07, 6.45) is 0. The van der Waals surface area contributed by atoms with Gasteiger partial charge in [-0.3, -0.25) is 0 Å². The van der Waals surface area contributed by atoms with E-state index in [4.69, 9.17) is 9.47 Å². The zero-order chi connectivity index (χ0) is 18.6. The van der Waals surface area contributed by atoms with Gasteiger partial charge in [-0.05, 0) is 24.8 Å². The van der Waals surface area contributed by atoms with Crippen molar-refractivity contribution in [2.24, 2.45) is 7.05 Å². The first-order valence-electron chi connectivity index (χ1n) is 7.60. The van der Waals surface area contributed by atoms with Crippen molar-refractivity contribution < 1.29 is 17.9 Å². The minimum absolute atomic E-state index is 0.00604. The maximum absolute atomic E-state index is 12.8. The lowest BCUT2D eigenvalue weighted by atomic mass is 10.3. The molecule has 2 aromatic rings. The van der Waals surface area contributed by atoms with Gasteiger partial charge in [0.25, 0.3) is 0 Å². The summed E-state index contributed by atoms with van der Waals surface area (Å²) in [5.74, 6) is 2.05. The Kier molecular flexibility index (Phi) is 6.31. The van der Waals surface area contributed by atoms with Crippen LogP contribution in [0.1, 0.15) is 25.7 Å². The molecule has 1 atom stereocenters. The molecule has 0 bridgehead atoms. The summed E-state index contributed by atoms with van der Waals surface area (Å²) < 4.78 is 40.3. The van der Waals surface area contributed by atoms with Crippen molar-refractivity contribution >= 4 is 21.8 Å². The van der Waals surface area contributed by atoms with Crippen LogP contribution in [0.15, 0.2) is 28.3 Å². The molecule has 0 aliphatic rings. The summed E-state index contributed by atoms with van der Waals surface area (Å²) in [6, 6.07) is 4.04. The molecule has 2 rings (SSSR count). The standard InChI is InChI=1S/C15H22N4O4S2/c1-6-24-15-17-16-14(19(15)3)10(2)18-25(20,21)13-9-11(22-4)7-8-12(13)23-5/h7-10,18H,6H2,1-5H3. The average Bonchev–Trinajstić information content (AvgIpc) is 2.95. The van der Waals surface area contributed by atoms with Crippen LogP contribution in [0.4, 0.5) is 0 Å². The Morgan fingerprint density at radius 2 is 2.00 bits per heavy atom. The average molecular weight is 386 g/mol. The van der Waals surface area contributed by atoms with Crippen LogP contribution in [-0.4, -0.2) is 43.2 Å². The maximum Gasteiger partial charge on any atom is 0.245 e. The van der Waals surface area contributed by atoms with Crippen molar-refractivity contribution in [3.8, 4) is 11.5 Å². The Hall–Kier alpha value is -1.78. The van der Waals surface area contributed by atoms with E-state index >= 15 is 0 Å². The molecule has 8 nitrogen and oxygen atoms in total. The second-order valence-corrected chi connectivity index (χ2v) is 8.11. The SMILES string of the molecule is CCSc1nnc(C(C)NS(=O)(=O)c2cc(OC)ccc2OC)n1C. The van der Waals surface area contributed by atoms with Gasteiger partial charge in [-0.2, -0.15) is 0 Å². The van der Waals surface area contributed by atoms with Gasteiger partial charge in [0.05, 0.1) is 20.3 Å². The molecule has 1 heterocycles. The first-order chi connectivity index (χ1) is 11.8. The predicted molar refractivity (Wildman–Crippen MR) is 95.7 cm³/mol. The highest BCUT2D eigenvalue weighted by atomic mass is 32.2. The third-order valence-electron chi connectivity index (χ3n) is 3.52. The second kappa shape index (κ2) is 8.07. The Morgan fingerprint density at radius 3 is 2.60 bits per heavy atom. The van der Waals surface area contributed by atoms with Gasteiger partial charge in [-0.15, -0.1) is 10.2 Å². The van der Waals surface area contributed by atoms with Crippen LogP contribution >= 0.6 is 11.8 Å². The van der Waals surface area contributed by atoms with Crippen LogP contribution in [0.25, 0.3) is 0 Å². The summed E-state index contributed by atoms with van der Waals surface area (Å²) in [6.45, 7) is 3.73. The Labute approximate surface area is 152 Å². The van der Waals surface area contributed by atoms with Crippen molar-refractivity contribution in [2.75, 3.05) is 20.0 Å². The number of hydrogen-bond acceptors (Lipinski definition) is 7. The fourth-order valence-electron chi connectivity index (χ4n) is 2.30. The Bertz CT molecular complexity index is 836. The fourth-order valence-corrected chi connectivity index (χ4v) is 4.33. The van der Waals surface area contributed by atoms with Gasteiger partial charge in [0, 0.05) is 13.1 Å². The van der Waals surface area contributed by atoms with Gasteiger partial charge < -0.3 is 14.0 Å². The molecule has 1 aromatic carbocycles. The molecule has 10 heteroatoms. The van der Waals surface area contributed by atoms with Gasteiger partial charge in [0.1, 0.15) is 16.4 Å². The van der Waals surface area contributed by atoms with Crippen molar-refractivity contribution in [1.82, 2.24) is 19.5 Å². The topological polar surface area (TPSA) is 95.3 Å². The molecule has 0 aliphatic heterocycles. The summed E-state index contributed by atoms with van der Waals surface area (Å²) in [5, 5.41) is 8.92. The van der Waals surface area contributed by atoms with Crippen LogP contribution in [0.2, 0.25) is 0 Å². The van der Waals surface area contributed by atoms with E-state index in [1.165, 1.54) is 20.3 Å². The first-order valence-corrected chi connectivity index (χ1v) is 10.1. The Morgan fingerprint density at radius 1 is 1.28 bits per heavy atom. The quantitative estimate of drug-likeness (QED) is 0.693. The molecule has 0 fully saturated rings. The third-order valence-corrected chi connectivity index (χ3v) is 5.99. The number of hydrogen-bond donors (Lipinski definition) is 1. The highest BCUT2D eigenvalue weighted by Crippen LogP contribution is 2.29. The minimum atomic E-state index is -3.85. The molecule has 138 valence electrons. The summed E-state index contributed by atoms with van der Waals surface area (Å²) >= 11 is 1.54. The van der Waals surface area contributed by atoms with Gasteiger partial charge in [0.15, 0.2) is 11.0 Å². The van der Waals surface area contributed by atoms with E-state index in [1.54, 1.807) is 35.4 Å². The minimum Gasteiger partial charge on any atom is -0.497 e. The smallest absolute Gasteiger partial charge is 0.245 e. The lowest BCUT2D eigenvalue weighted by molar-refractivity contribution is 0.391. The first kappa shape index (κ1) is 19.5. The maximum atomic E-state index is 12.8. The summed E-state index contributed by atoms with van der Waals surface area (Å²) in [7, 11) is 0.855. The van der Waals surface area contributed by atoms with E-state index in [-0.39, 0.29) is 10.6 Å². The van der Waals surface area contributed by atoms with Crippen LogP contribution in [-0.2, 0) is 17.1 Å². The number of benzene rings is 1. The molecule has 0 amide bonds. The van der Waals surface area contributed by atoms with Crippen LogP contribution in [0.3, 0.4) is 0 Å². The molecule has 0 aliphatic carbocycles. The highest BCUT2D eigenvalue weighted by molar-refractivity contribution is 7.99. The van der Waals surface area contributed by atoms with Crippen LogP contribution in [0, 0.1) is 0 Å². The molecule has 0 radical (unpaired) electrons. The molecule has 0 saturated carbocycles. The molecule has 0 saturated heterocycles. The number of rotatable bonds is 8. The molecule has 1 unspecified atom stereocenters. The molecular formula is C15H22N4O4S2. The van der Waals surface area contributed by atoms with Gasteiger partial charge in [0.2, 0.25) is 10.0 Å². The number of sulfonamides is 1. The molecule has 0 spiro atoms. The Balaban J connectivity index is 2.32. The predicted octanol–water partition coefficient (Wildman–Crippen LogP) is 1.98. The number of nitrogens with zero attached hydrogens (tertiary/aromatic N) is 3. The van der Waals surface area contributed by atoms with Gasteiger partial charge in [-0.25, -0.2) is 13.1 Å². The van der Waals surface area contributed by atoms with E-state index in [1.807, 2.05) is 14.0 Å². The molecular weight excluding hydrogens is 364 g/mol. The van der Waals surface area contributed by atoms with Crippen molar-refractivity contribution in [1.29, 1.82) is 0 Å². The molecule has 25 heavy (non-hydrogen) atoms. The van der Waals surface area contributed by atoms with E-state index in [0.717, 1.165) is 10.9 Å². The number of methoxy groups -OCH3 is 2. The van der Waals surface area contributed by atoms with Crippen molar-refractivity contribution in [3.63, 3.8) is 0 Å². The van der Waals surface area contributed by atoms with E-state index in [0.29, 0.717) is 11.6 Å². The monoisotopic (exact) mass is 386 g/mol. The largest absolute Gasteiger partial charge is 0.497 e. The van der Waals surface area contributed by atoms with Crippen molar-refractivity contribution in [2.45, 2.75) is 29.9 Å². The fraction of sp³-hybridized carbons (Fsp3) is 0.467. The third kappa shape index (κ3) is 4.25. The summed E-state index contributed by atoms with van der Waals surface area (Å²) in [4.78, 5) is 0.00604. The van der Waals surface area contributed by atoms with E-state index in [2.05, 4.69) is 14.9 Å². The second-order valence-electron chi connectivity index (χ2n) is 5.19. The van der Waals surface area contributed by atoms with E-state index < -0.39 is 16.1 Å². The van der Waals surface area contributed by atoms with Gasteiger partial charge in [-0.1, -0.05) is 18.7 Å². The molecule has 1 N–H and O–H groups in total. The highest BCUT2D eigenvalue weighted by Gasteiger charge is 2.26. The number of aromatic nitrogens is 3. The number of nitrogens with one attached hydrogen (secondary N) is 1.